The molecule has 98 valence electrons. The van der Waals surface area contributed by atoms with Crippen LogP contribution < -0.4 is 16.6 Å². The van der Waals surface area contributed by atoms with E-state index >= 15 is 0 Å². The molecule has 0 bridgehead atoms. The van der Waals surface area contributed by atoms with E-state index in [2.05, 4.69) is 15.7 Å². The molecule has 7 heteroatoms. The zero-order chi connectivity index (χ0) is 13.0. The summed E-state index contributed by atoms with van der Waals surface area (Å²) in [6.45, 7) is 0. The van der Waals surface area contributed by atoms with Crippen LogP contribution in [0, 0.1) is 0 Å². The molecule has 0 aromatic carbocycles. The van der Waals surface area contributed by atoms with Gasteiger partial charge in [-0.2, -0.15) is 0 Å². The Hall–Kier alpha value is -1.47. The summed E-state index contributed by atoms with van der Waals surface area (Å²) in [4.78, 5) is 16.0. The van der Waals surface area contributed by atoms with Gasteiger partial charge in [0.25, 0.3) is 5.91 Å². The molecule has 2 heterocycles. The predicted molar refractivity (Wildman–Crippen MR) is 70.4 cm³/mol. The number of nitrogen functional groups attached to an aromatic ring is 1. The maximum Gasteiger partial charge on any atom is 0.255 e. The molecule has 0 spiro atoms. The molecular formula is C11H16N4O2S. The van der Waals surface area contributed by atoms with E-state index < -0.39 is 10.8 Å². The second-order valence-corrected chi connectivity index (χ2v) is 5.86. The minimum absolute atomic E-state index is 0.0843. The number of pyridine rings is 1. The number of carbonyl (C=O) groups is 1. The lowest BCUT2D eigenvalue weighted by molar-refractivity contribution is 0.0935. The zero-order valence-corrected chi connectivity index (χ0v) is 10.7. The molecule has 1 amide bonds. The number of aromatic nitrogens is 1. The summed E-state index contributed by atoms with van der Waals surface area (Å²) in [6.07, 6.45) is 4.55. The molecule has 18 heavy (non-hydrogen) atoms. The summed E-state index contributed by atoms with van der Waals surface area (Å²) < 4.78 is 11.2. The molecule has 0 aliphatic carbocycles. The summed E-state index contributed by atoms with van der Waals surface area (Å²) in [5.74, 6) is 6.45. The Bertz CT molecular complexity index is 456. The van der Waals surface area contributed by atoms with Gasteiger partial charge in [0.15, 0.2) is 0 Å². The van der Waals surface area contributed by atoms with Gasteiger partial charge < -0.3 is 10.7 Å². The molecule has 2 rings (SSSR count). The van der Waals surface area contributed by atoms with Crippen molar-refractivity contribution < 1.29 is 9.00 Å². The van der Waals surface area contributed by atoms with Crippen molar-refractivity contribution >= 4 is 22.4 Å². The summed E-state index contributed by atoms with van der Waals surface area (Å²) in [7, 11) is -0.722. The van der Waals surface area contributed by atoms with Gasteiger partial charge in [-0.3, -0.25) is 19.8 Å². The number of nitrogens with two attached hydrogens (primary N) is 1. The second kappa shape index (κ2) is 5.92. The molecule has 0 radical (unpaired) electrons. The SMILES string of the molecule is NNc1ccncc1C(=O)NC1CCS(=O)CC1. The number of rotatable bonds is 3. The largest absolute Gasteiger partial charge is 0.349 e. The van der Waals surface area contributed by atoms with Crippen LogP contribution in [-0.2, 0) is 10.8 Å². The summed E-state index contributed by atoms with van der Waals surface area (Å²) in [5, 5.41) is 2.92. The van der Waals surface area contributed by atoms with Gasteiger partial charge in [-0.1, -0.05) is 0 Å². The smallest absolute Gasteiger partial charge is 0.255 e. The Labute approximate surface area is 108 Å². The first-order valence-corrected chi connectivity index (χ1v) is 7.26. The molecule has 1 aliphatic rings. The Kier molecular flexibility index (Phi) is 4.27. The van der Waals surface area contributed by atoms with Gasteiger partial charge in [-0.25, -0.2) is 0 Å². The topological polar surface area (TPSA) is 97.1 Å². The lowest BCUT2D eigenvalue weighted by atomic mass is 10.1. The third-order valence-corrected chi connectivity index (χ3v) is 4.33. The Morgan fingerprint density at radius 3 is 2.83 bits per heavy atom. The maximum atomic E-state index is 12.1. The fraction of sp³-hybridized carbons (Fsp3) is 0.455. The first-order chi connectivity index (χ1) is 8.70. The number of hydrogen-bond donors (Lipinski definition) is 3. The molecule has 4 N–H and O–H groups in total. The molecule has 1 fully saturated rings. The standard InChI is InChI=1S/C11H16N4O2S/c12-15-10-1-4-13-7-9(10)11(16)14-8-2-5-18(17)6-3-8/h1,4,7-8H,2-3,5-6,12H2,(H,13,15)(H,14,16). The van der Waals surface area contributed by atoms with Crippen molar-refractivity contribution in [2.45, 2.75) is 18.9 Å². The summed E-state index contributed by atoms with van der Waals surface area (Å²) >= 11 is 0. The highest BCUT2D eigenvalue weighted by Crippen LogP contribution is 2.14. The number of hydrazine groups is 1. The summed E-state index contributed by atoms with van der Waals surface area (Å²) in [5.41, 5.74) is 3.44. The number of nitrogens with one attached hydrogen (secondary N) is 2. The lowest BCUT2D eigenvalue weighted by Gasteiger charge is -2.22. The van der Waals surface area contributed by atoms with Crippen molar-refractivity contribution in [2.75, 3.05) is 16.9 Å². The summed E-state index contributed by atoms with van der Waals surface area (Å²) in [6, 6.07) is 1.73. The van der Waals surface area contributed by atoms with Crippen molar-refractivity contribution in [1.82, 2.24) is 10.3 Å². The highest BCUT2D eigenvalue weighted by molar-refractivity contribution is 7.85. The van der Waals surface area contributed by atoms with E-state index in [1.807, 2.05) is 0 Å². The average Bonchev–Trinajstić information content (AvgIpc) is 2.41. The van der Waals surface area contributed by atoms with Gasteiger partial charge >= 0.3 is 0 Å². The van der Waals surface area contributed by atoms with Crippen LogP contribution in [0.4, 0.5) is 5.69 Å². The number of nitrogens with zero attached hydrogens (tertiary/aromatic N) is 1. The van der Waals surface area contributed by atoms with Crippen LogP contribution in [-0.4, -0.2) is 32.6 Å². The van der Waals surface area contributed by atoms with E-state index in [0.29, 0.717) is 22.8 Å². The van der Waals surface area contributed by atoms with Crippen LogP contribution in [0.5, 0.6) is 0 Å². The Balaban J connectivity index is 2.01. The number of anilines is 1. The van der Waals surface area contributed by atoms with E-state index in [0.717, 1.165) is 12.8 Å². The molecule has 1 aliphatic heterocycles. The van der Waals surface area contributed by atoms with Crippen molar-refractivity contribution in [3.05, 3.63) is 24.0 Å². The van der Waals surface area contributed by atoms with Crippen LogP contribution in [0.15, 0.2) is 18.5 Å². The van der Waals surface area contributed by atoms with Gasteiger partial charge in [0, 0.05) is 40.7 Å². The van der Waals surface area contributed by atoms with Crippen LogP contribution in [0.2, 0.25) is 0 Å². The normalized spacial score (nSPS) is 23.4. The minimum atomic E-state index is -0.722. The van der Waals surface area contributed by atoms with Gasteiger partial charge in [-0.15, -0.1) is 0 Å². The van der Waals surface area contributed by atoms with Crippen molar-refractivity contribution in [2.24, 2.45) is 5.84 Å². The van der Waals surface area contributed by atoms with Crippen LogP contribution in [0.25, 0.3) is 0 Å². The molecule has 6 nitrogen and oxygen atoms in total. The lowest BCUT2D eigenvalue weighted by Crippen LogP contribution is -2.39. The van der Waals surface area contributed by atoms with Crippen LogP contribution in [0.3, 0.4) is 0 Å². The number of hydrogen-bond acceptors (Lipinski definition) is 5. The van der Waals surface area contributed by atoms with E-state index in [1.165, 1.54) is 6.20 Å². The molecule has 1 aromatic heterocycles. The molecular weight excluding hydrogens is 252 g/mol. The third-order valence-electron chi connectivity index (χ3n) is 2.94. The van der Waals surface area contributed by atoms with Crippen molar-refractivity contribution in [1.29, 1.82) is 0 Å². The third kappa shape index (κ3) is 3.05. The molecule has 1 saturated heterocycles. The fourth-order valence-electron chi connectivity index (χ4n) is 1.90. The second-order valence-electron chi connectivity index (χ2n) is 4.16. The molecule has 0 atom stereocenters. The van der Waals surface area contributed by atoms with Crippen molar-refractivity contribution in [3.63, 3.8) is 0 Å². The molecule has 1 aromatic rings. The van der Waals surface area contributed by atoms with E-state index in [-0.39, 0.29) is 11.9 Å². The van der Waals surface area contributed by atoms with Crippen LogP contribution in [0.1, 0.15) is 23.2 Å². The van der Waals surface area contributed by atoms with Crippen molar-refractivity contribution in [3.8, 4) is 0 Å². The monoisotopic (exact) mass is 268 g/mol. The highest BCUT2D eigenvalue weighted by atomic mass is 32.2. The van der Waals surface area contributed by atoms with Gasteiger partial charge in [-0.05, 0) is 18.9 Å². The molecule has 0 saturated carbocycles. The molecule has 0 unspecified atom stereocenters. The first kappa shape index (κ1) is 13.0. The first-order valence-electron chi connectivity index (χ1n) is 5.77. The quantitative estimate of drug-likeness (QED) is 0.530. The van der Waals surface area contributed by atoms with E-state index in [4.69, 9.17) is 5.84 Å². The number of carbonyl (C=O) groups excluding carboxylic acids is 1. The Morgan fingerprint density at radius 2 is 2.17 bits per heavy atom. The van der Waals surface area contributed by atoms with Gasteiger partial charge in [0.05, 0.1) is 11.3 Å². The number of amides is 1. The predicted octanol–water partition coefficient (Wildman–Crippen LogP) is 0.00810. The van der Waals surface area contributed by atoms with E-state index in [1.54, 1.807) is 12.3 Å². The maximum absolute atomic E-state index is 12.1. The minimum Gasteiger partial charge on any atom is -0.349 e. The van der Waals surface area contributed by atoms with E-state index in [9.17, 15) is 9.00 Å². The fourth-order valence-corrected chi connectivity index (χ4v) is 3.20. The van der Waals surface area contributed by atoms with Gasteiger partial charge in [0.2, 0.25) is 0 Å². The van der Waals surface area contributed by atoms with Gasteiger partial charge in [0.1, 0.15) is 0 Å². The average molecular weight is 268 g/mol. The Morgan fingerprint density at radius 1 is 1.44 bits per heavy atom. The van der Waals surface area contributed by atoms with Crippen LogP contribution >= 0.6 is 0 Å². The zero-order valence-electron chi connectivity index (χ0n) is 9.89. The highest BCUT2D eigenvalue weighted by Gasteiger charge is 2.21.